The summed E-state index contributed by atoms with van der Waals surface area (Å²) in [6, 6.07) is 9.33. The fourth-order valence-electron chi connectivity index (χ4n) is 2.03. The second kappa shape index (κ2) is 5.53. The standard InChI is InChI=1S/C13H16N2O3/c1-18-13(17)14-11-7-8-15(12(11)16)9-10-5-3-2-4-6-10/h2-6,11H,7-9H2,1H3,(H,14,17)/t11-/m1/s1. The van der Waals surface area contributed by atoms with Crippen molar-refractivity contribution in [3.05, 3.63) is 35.9 Å². The quantitative estimate of drug-likeness (QED) is 0.872. The molecule has 0 spiro atoms. The van der Waals surface area contributed by atoms with Crippen molar-refractivity contribution in [1.82, 2.24) is 10.2 Å². The second-order valence-corrected chi connectivity index (χ2v) is 4.22. The van der Waals surface area contributed by atoms with Crippen molar-refractivity contribution >= 4 is 12.0 Å². The van der Waals surface area contributed by atoms with Crippen molar-refractivity contribution in [3.8, 4) is 0 Å². The lowest BCUT2D eigenvalue weighted by Gasteiger charge is -2.16. The molecule has 0 unspecified atom stereocenters. The smallest absolute Gasteiger partial charge is 0.407 e. The minimum absolute atomic E-state index is 0.0516. The number of nitrogens with one attached hydrogen (secondary N) is 1. The molecule has 1 atom stereocenters. The first-order valence-electron chi connectivity index (χ1n) is 5.88. The molecular weight excluding hydrogens is 232 g/mol. The van der Waals surface area contributed by atoms with Crippen LogP contribution in [0.25, 0.3) is 0 Å². The van der Waals surface area contributed by atoms with Crippen LogP contribution in [0.5, 0.6) is 0 Å². The predicted octanol–water partition coefficient (Wildman–Crippen LogP) is 1.14. The number of carbonyl (C=O) groups excluding carboxylic acids is 2. The monoisotopic (exact) mass is 248 g/mol. The lowest BCUT2D eigenvalue weighted by atomic mass is 10.2. The lowest BCUT2D eigenvalue weighted by Crippen LogP contribution is -2.41. The van der Waals surface area contributed by atoms with Crippen LogP contribution in [-0.2, 0) is 16.1 Å². The van der Waals surface area contributed by atoms with Crippen LogP contribution in [0.15, 0.2) is 30.3 Å². The van der Waals surface area contributed by atoms with Gasteiger partial charge < -0.3 is 15.0 Å². The molecule has 1 saturated heterocycles. The van der Waals surface area contributed by atoms with Gasteiger partial charge in [0.2, 0.25) is 5.91 Å². The highest BCUT2D eigenvalue weighted by Gasteiger charge is 2.32. The van der Waals surface area contributed by atoms with Gasteiger partial charge in [-0.15, -0.1) is 0 Å². The molecule has 1 N–H and O–H groups in total. The largest absolute Gasteiger partial charge is 0.453 e. The maximum Gasteiger partial charge on any atom is 0.407 e. The molecule has 0 aromatic heterocycles. The summed E-state index contributed by atoms with van der Waals surface area (Å²) in [5.41, 5.74) is 1.09. The van der Waals surface area contributed by atoms with Gasteiger partial charge in [-0.1, -0.05) is 30.3 Å². The van der Waals surface area contributed by atoms with E-state index in [0.29, 0.717) is 19.5 Å². The van der Waals surface area contributed by atoms with E-state index in [1.165, 1.54) is 7.11 Å². The molecule has 18 heavy (non-hydrogen) atoms. The highest BCUT2D eigenvalue weighted by molar-refractivity contribution is 5.87. The number of alkyl carbamates (subject to hydrolysis) is 1. The molecule has 1 heterocycles. The molecule has 2 rings (SSSR count). The van der Waals surface area contributed by atoms with Crippen LogP contribution < -0.4 is 5.32 Å². The Kier molecular flexibility index (Phi) is 3.82. The molecule has 0 radical (unpaired) electrons. The fourth-order valence-corrected chi connectivity index (χ4v) is 2.03. The summed E-state index contributed by atoms with van der Waals surface area (Å²) in [5, 5.41) is 2.54. The van der Waals surface area contributed by atoms with Gasteiger partial charge in [-0.3, -0.25) is 4.79 Å². The van der Waals surface area contributed by atoms with E-state index in [0.717, 1.165) is 5.56 Å². The van der Waals surface area contributed by atoms with Gasteiger partial charge in [0.15, 0.2) is 0 Å². The number of carbonyl (C=O) groups is 2. The SMILES string of the molecule is COC(=O)N[C@@H]1CCN(Cc2ccccc2)C1=O. The molecule has 5 heteroatoms. The van der Waals surface area contributed by atoms with Crippen LogP contribution in [-0.4, -0.2) is 36.6 Å². The Bertz CT molecular complexity index is 433. The number of nitrogens with zero attached hydrogens (tertiary/aromatic N) is 1. The van der Waals surface area contributed by atoms with Gasteiger partial charge in [0.1, 0.15) is 6.04 Å². The van der Waals surface area contributed by atoms with Gasteiger partial charge >= 0.3 is 6.09 Å². The summed E-state index contributed by atoms with van der Waals surface area (Å²) in [7, 11) is 1.29. The van der Waals surface area contributed by atoms with Crippen LogP contribution in [0.1, 0.15) is 12.0 Å². The van der Waals surface area contributed by atoms with Gasteiger partial charge in [-0.05, 0) is 12.0 Å². The molecule has 1 aliphatic rings. The first-order valence-corrected chi connectivity index (χ1v) is 5.88. The highest BCUT2D eigenvalue weighted by Crippen LogP contribution is 2.15. The minimum Gasteiger partial charge on any atom is -0.453 e. The van der Waals surface area contributed by atoms with Crippen molar-refractivity contribution in [3.63, 3.8) is 0 Å². The Morgan fingerprint density at radius 3 is 2.83 bits per heavy atom. The summed E-state index contributed by atoms with van der Waals surface area (Å²) < 4.78 is 4.49. The molecule has 1 fully saturated rings. The Morgan fingerprint density at radius 1 is 1.44 bits per heavy atom. The number of methoxy groups -OCH3 is 1. The van der Waals surface area contributed by atoms with Gasteiger partial charge in [0.25, 0.3) is 0 Å². The Morgan fingerprint density at radius 2 is 2.17 bits per heavy atom. The molecule has 5 nitrogen and oxygen atoms in total. The lowest BCUT2D eigenvalue weighted by molar-refractivity contribution is -0.129. The number of rotatable bonds is 3. The van der Waals surface area contributed by atoms with Crippen molar-refractivity contribution in [2.24, 2.45) is 0 Å². The van der Waals surface area contributed by atoms with Crippen LogP contribution in [0.2, 0.25) is 0 Å². The maximum atomic E-state index is 12.0. The molecule has 2 amide bonds. The topological polar surface area (TPSA) is 58.6 Å². The van der Waals surface area contributed by atoms with Crippen molar-refractivity contribution < 1.29 is 14.3 Å². The van der Waals surface area contributed by atoms with E-state index >= 15 is 0 Å². The summed E-state index contributed by atoms with van der Waals surface area (Å²) in [6.45, 7) is 1.24. The second-order valence-electron chi connectivity index (χ2n) is 4.22. The van der Waals surface area contributed by atoms with E-state index in [2.05, 4.69) is 10.1 Å². The maximum absolute atomic E-state index is 12.0. The third-order valence-electron chi connectivity index (χ3n) is 2.99. The third kappa shape index (κ3) is 2.80. The average Bonchev–Trinajstić information content (AvgIpc) is 2.73. The van der Waals surface area contributed by atoms with Crippen LogP contribution in [0.3, 0.4) is 0 Å². The number of amides is 2. The Hall–Kier alpha value is -2.04. The number of ether oxygens (including phenoxy) is 1. The summed E-state index contributed by atoms with van der Waals surface area (Å²) in [4.78, 5) is 24.8. The minimum atomic E-state index is -0.560. The van der Waals surface area contributed by atoms with Gasteiger partial charge in [-0.2, -0.15) is 0 Å². The van der Waals surface area contributed by atoms with Crippen LogP contribution in [0.4, 0.5) is 4.79 Å². The molecule has 0 bridgehead atoms. The predicted molar refractivity (Wildman–Crippen MR) is 65.8 cm³/mol. The number of hydrogen-bond donors (Lipinski definition) is 1. The zero-order valence-electron chi connectivity index (χ0n) is 10.3. The average molecular weight is 248 g/mol. The van der Waals surface area contributed by atoms with E-state index in [9.17, 15) is 9.59 Å². The summed E-state index contributed by atoms with van der Waals surface area (Å²) in [5.74, 6) is -0.0516. The number of likely N-dealkylation sites (tertiary alicyclic amines) is 1. The third-order valence-corrected chi connectivity index (χ3v) is 2.99. The first-order chi connectivity index (χ1) is 8.70. The highest BCUT2D eigenvalue weighted by atomic mass is 16.5. The molecule has 1 aromatic rings. The van der Waals surface area contributed by atoms with Gasteiger partial charge in [-0.25, -0.2) is 4.79 Å². The molecule has 0 saturated carbocycles. The van der Waals surface area contributed by atoms with E-state index in [1.807, 2.05) is 30.3 Å². The summed E-state index contributed by atoms with van der Waals surface area (Å²) in [6.07, 6.45) is 0.0655. The van der Waals surface area contributed by atoms with E-state index < -0.39 is 12.1 Å². The molecular formula is C13H16N2O3. The van der Waals surface area contributed by atoms with Gasteiger partial charge in [0.05, 0.1) is 7.11 Å². The molecule has 1 aliphatic heterocycles. The van der Waals surface area contributed by atoms with E-state index in [-0.39, 0.29) is 5.91 Å². The van der Waals surface area contributed by atoms with Crippen molar-refractivity contribution in [2.75, 3.05) is 13.7 Å². The van der Waals surface area contributed by atoms with Crippen LogP contribution >= 0.6 is 0 Å². The number of benzene rings is 1. The number of hydrogen-bond acceptors (Lipinski definition) is 3. The zero-order chi connectivity index (χ0) is 13.0. The van der Waals surface area contributed by atoms with Gasteiger partial charge in [0, 0.05) is 13.1 Å². The van der Waals surface area contributed by atoms with E-state index in [1.54, 1.807) is 4.90 Å². The Balaban J connectivity index is 1.93. The first kappa shape index (κ1) is 12.4. The molecule has 0 aliphatic carbocycles. The van der Waals surface area contributed by atoms with Crippen molar-refractivity contribution in [2.45, 2.75) is 19.0 Å². The van der Waals surface area contributed by atoms with Crippen molar-refractivity contribution in [1.29, 1.82) is 0 Å². The fraction of sp³-hybridized carbons (Fsp3) is 0.385. The normalized spacial score (nSPS) is 18.8. The van der Waals surface area contributed by atoms with E-state index in [4.69, 9.17) is 0 Å². The molecule has 96 valence electrons. The Labute approximate surface area is 106 Å². The zero-order valence-corrected chi connectivity index (χ0v) is 10.3. The molecule has 1 aromatic carbocycles. The van der Waals surface area contributed by atoms with Crippen LogP contribution in [0, 0.1) is 0 Å². The summed E-state index contributed by atoms with van der Waals surface area (Å²) >= 11 is 0.